The van der Waals surface area contributed by atoms with Gasteiger partial charge in [0.25, 0.3) is 5.91 Å². The Morgan fingerprint density at radius 3 is 2.58 bits per heavy atom. The van der Waals surface area contributed by atoms with Crippen molar-refractivity contribution < 1.29 is 33.2 Å². The molecule has 0 radical (unpaired) electrons. The number of likely N-dealkylation sites (tertiary alicyclic amines) is 1. The summed E-state index contributed by atoms with van der Waals surface area (Å²) in [6.45, 7) is 4.92. The quantitative estimate of drug-likeness (QED) is 0.328. The van der Waals surface area contributed by atoms with Gasteiger partial charge in [-0.25, -0.2) is 0 Å². The van der Waals surface area contributed by atoms with Gasteiger partial charge in [0.15, 0.2) is 5.79 Å². The van der Waals surface area contributed by atoms with E-state index in [2.05, 4.69) is 17.4 Å². The molecule has 0 saturated carbocycles. The number of carbonyl (C=O) groups excluding carboxylic acids is 3. The van der Waals surface area contributed by atoms with Crippen molar-refractivity contribution in [2.24, 2.45) is 0 Å². The normalized spacial score (nSPS) is 19.3. The zero-order chi connectivity index (χ0) is 29.6. The van der Waals surface area contributed by atoms with Gasteiger partial charge in [-0.15, -0.1) is 0 Å². The summed E-state index contributed by atoms with van der Waals surface area (Å²) in [6.07, 6.45) is 2.18. The Morgan fingerprint density at radius 2 is 1.74 bits per heavy atom. The highest BCUT2D eigenvalue weighted by atomic mass is 32.2. The second-order valence-electron chi connectivity index (χ2n) is 10.7. The molecule has 2 fully saturated rings. The van der Waals surface area contributed by atoms with Crippen molar-refractivity contribution in [3.63, 3.8) is 0 Å². The van der Waals surface area contributed by atoms with Crippen molar-refractivity contribution in [1.82, 2.24) is 15.5 Å². The Bertz CT molecular complexity index is 1700. The summed E-state index contributed by atoms with van der Waals surface area (Å²) in [5.74, 6) is -0.881. The minimum absolute atomic E-state index is 0.0959. The molecule has 2 saturated heterocycles. The van der Waals surface area contributed by atoms with E-state index in [-0.39, 0.29) is 32.0 Å². The number of carbonyl (C=O) groups is 3. The first kappa shape index (κ1) is 27.4. The maximum absolute atomic E-state index is 13.4. The van der Waals surface area contributed by atoms with Crippen LogP contribution < -0.4 is 15.4 Å². The number of rotatable bonds is 6. The zero-order valence-corrected chi connectivity index (χ0v) is 24.0. The molecule has 11 heteroatoms. The number of hydrogen-bond acceptors (Lipinski definition) is 7. The highest BCUT2D eigenvalue weighted by Crippen LogP contribution is 2.47. The summed E-state index contributed by atoms with van der Waals surface area (Å²) >= 11 is 1.57. The van der Waals surface area contributed by atoms with Crippen molar-refractivity contribution in [2.75, 3.05) is 32.8 Å². The van der Waals surface area contributed by atoms with Crippen molar-refractivity contribution in [2.45, 2.75) is 28.0 Å². The first-order valence-electron chi connectivity index (χ1n) is 14.0. The minimum atomic E-state index is -1.04. The van der Waals surface area contributed by atoms with E-state index in [1.165, 1.54) is 4.90 Å². The number of benzene rings is 3. The van der Waals surface area contributed by atoms with Gasteiger partial charge in [0.2, 0.25) is 23.2 Å². The van der Waals surface area contributed by atoms with E-state index in [0.29, 0.717) is 24.5 Å². The molecule has 43 heavy (non-hydrogen) atoms. The molecular weight excluding hydrogens is 568 g/mol. The third-order valence-corrected chi connectivity index (χ3v) is 9.08. The SMILES string of the molecule is C=[N+]1C(CNC(=O)C2CC3(CN2C(=O)CNC(=O)c2ccc4c(c2)Oc2ccccc2S4)OCCO3)=Cc2ccccc21. The van der Waals surface area contributed by atoms with Crippen LogP contribution in [-0.2, 0) is 19.1 Å². The maximum atomic E-state index is 13.4. The number of ether oxygens (including phenoxy) is 3. The number of hydrogen-bond donors (Lipinski definition) is 2. The van der Waals surface area contributed by atoms with Crippen molar-refractivity contribution in [1.29, 1.82) is 0 Å². The molecule has 10 nitrogen and oxygen atoms in total. The molecule has 1 unspecified atom stereocenters. The molecule has 0 aliphatic carbocycles. The summed E-state index contributed by atoms with van der Waals surface area (Å²) in [7, 11) is 0. The van der Waals surface area contributed by atoms with E-state index in [1.807, 2.05) is 60.7 Å². The fourth-order valence-corrected chi connectivity index (χ4v) is 6.71. The molecule has 3 aromatic carbocycles. The number of nitrogens with one attached hydrogen (secondary N) is 2. The van der Waals surface area contributed by atoms with E-state index in [0.717, 1.165) is 32.5 Å². The first-order valence-corrected chi connectivity index (χ1v) is 14.8. The predicted molar refractivity (Wildman–Crippen MR) is 159 cm³/mol. The topological polar surface area (TPSA) is 109 Å². The van der Waals surface area contributed by atoms with Crippen LogP contribution in [0.15, 0.2) is 82.2 Å². The Morgan fingerprint density at radius 1 is 0.977 bits per heavy atom. The highest BCUT2D eigenvalue weighted by Gasteiger charge is 2.52. The minimum Gasteiger partial charge on any atom is -0.455 e. The second-order valence-corrected chi connectivity index (χ2v) is 11.8. The van der Waals surface area contributed by atoms with Crippen molar-refractivity contribution in [3.8, 4) is 11.5 Å². The van der Waals surface area contributed by atoms with Crippen molar-refractivity contribution >= 4 is 48.0 Å². The lowest BCUT2D eigenvalue weighted by Crippen LogP contribution is -2.49. The molecule has 1 spiro atoms. The number of para-hydroxylation sites is 2. The molecule has 3 amide bonds. The number of amides is 3. The fraction of sp³-hybridized carbons (Fsp3) is 0.250. The van der Waals surface area contributed by atoms with E-state index < -0.39 is 23.6 Å². The Labute approximate surface area is 252 Å². The van der Waals surface area contributed by atoms with Crippen LogP contribution >= 0.6 is 11.8 Å². The van der Waals surface area contributed by atoms with Crippen LogP contribution in [0.3, 0.4) is 0 Å². The molecule has 218 valence electrons. The molecule has 7 rings (SSSR count). The lowest BCUT2D eigenvalue weighted by Gasteiger charge is -2.24. The Kier molecular flexibility index (Phi) is 7.00. The molecule has 2 N–H and O–H groups in total. The first-order chi connectivity index (χ1) is 20.9. The third kappa shape index (κ3) is 5.20. The molecule has 1 atom stereocenters. The highest BCUT2D eigenvalue weighted by molar-refractivity contribution is 7.99. The third-order valence-electron chi connectivity index (χ3n) is 7.96. The van der Waals surface area contributed by atoms with Crippen LogP contribution in [0.4, 0.5) is 5.69 Å². The van der Waals surface area contributed by atoms with Gasteiger partial charge in [-0.1, -0.05) is 36.0 Å². The van der Waals surface area contributed by atoms with Crippen LogP contribution in [0.5, 0.6) is 11.5 Å². The van der Waals surface area contributed by atoms with E-state index in [1.54, 1.807) is 28.5 Å². The Balaban J connectivity index is 1.00. The maximum Gasteiger partial charge on any atom is 0.251 e. The standard InChI is InChI=1S/C32H28N4O6S/c1-35-22(14-20-6-2-3-7-23(20)35)17-33-31(39)24-16-32(40-12-13-41-32)19-36(24)29(37)18-34-30(38)21-10-11-28-26(15-21)42-25-8-4-5-9-27(25)43-28/h2-11,14-15,24H,1,12-13,16-19H2,(H-,33,34,38,39)/p+1. The molecular formula is C32H29N4O6S+. The molecule has 0 aromatic heterocycles. The predicted octanol–water partition coefficient (Wildman–Crippen LogP) is 3.53. The van der Waals surface area contributed by atoms with Crippen molar-refractivity contribution in [3.05, 3.63) is 83.6 Å². The molecule has 0 bridgehead atoms. The summed E-state index contributed by atoms with van der Waals surface area (Å²) in [4.78, 5) is 43.2. The second kappa shape index (κ2) is 11.0. The van der Waals surface area contributed by atoms with Crippen LogP contribution in [0, 0.1) is 0 Å². The number of fused-ring (bicyclic) bond motifs is 3. The summed E-state index contributed by atoms with van der Waals surface area (Å²) in [5.41, 5.74) is 3.18. The van der Waals surface area contributed by atoms with Gasteiger partial charge >= 0.3 is 0 Å². The van der Waals surface area contributed by atoms with Gasteiger partial charge in [-0.3, -0.25) is 14.4 Å². The molecule has 4 aliphatic rings. The van der Waals surface area contributed by atoms with Gasteiger partial charge in [0.05, 0.1) is 41.7 Å². The van der Waals surface area contributed by atoms with Crippen LogP contribution in [-0.4, -0.2) is 78.6 Å². The van der Waals surface area contributed by atoms with E-state index >= 15 is 0 Å². The van der Waals surface area contributed by atoms with Gasteiger partial charge in [-0.2, -0.15) is 4.58 Å². The summed E-state index contributed by atoms with van der Waals surface area (Å²) in [5, 5.41) is 5.66. The van der Waals surface area contributed by atoms with Gasteiger partial charge in [0, 0.05) is 24.1 Å². The van der Waals surface area contributed by atoms with Gasteiger partial charge in [-0.05, 0) is 36.4 Å². The fourth-order valence-electron chi connectivity index (χ4n) is 5.78. The van der Waals surface area contributed by atoms with Crippen LogP contribution in [0.1, 0.15) is 22.3 Å². The number of nitrogens with zero attached hydrogens (tertiary/aromatic N) is 2. The van der Waals surface area contributed by atoms with Crippen LogP contribution in [0.2, 0.25) is 0 Å². The van der Waals surface area contributed by atoms with Crippen LogP contribution in [0.25, 0.3) is 6.08 Å². The smallest absolute Gasteiger partial charge is 0.251 e. The lowest BCUT2D eigenvalue weighted by atomic mass is 10.1. The summed E-state index contributed by atoms with van der Waals surface area (Å²) < 4.78 is 19.5. The molecule has 3 aromatic rings. The summed E-state index contributed by atoms with van der Waals surface area (Å²) in [6, 6.07) is 19.9. The molecule has 4 heterocycles. The van der Waals surface area contributed by atoms with E-state index in [4.69, 9.17) is 14.2 Å². The average molecular weight is 598 g/mol. The average Bonchev–Trinajstić information content (AvgIpc) is 3.74. The Hall–Kier alpha value is -4.45. The lowest BCUT2D eigenvalue weighted by molar-refractivity contribution is -0.368. The van der Waals surface area contributed by atoms with Gasteiger partial charge < -0.3 is 29.7 Å². The zero-order valence-electron chi connectivity index (χ0n) is 23.2. The largest absolute Gasteiger partial charge is 0.455 e. The van der Waals surface area contributed by atoms with E-state index in [9.17, 15) is 14.4 Å². The monoisotopic (exact) mass is 597 g/mol. The van der Waals surface area contributed by atoms with Gasteiger partial charge in [0.1, 0.15) is 30.8 Å². The molecule has 4 aliphatic heterocycles.